The summed E-state index contributed by atoms with van der Waals surface area (Å²) >= 11 is 6.43. The molecule has 3 N–H and O–H groups in total. The van der Waals surface area contributed by atoms with Crippen LogP contribution in [0.15, 0.2) is 36.5 Å². The molecule has 1 saturated heterocycles. The Kier molecular flexibility index (Phi) is 14.1. The van der Waals surface area contributed by atoms with Crippen LogP contribution < -0.4 is 20.7 Å². The molecule has 0 atom stereocenters. The van der Waals surface area contributed by atoms with Crippen molar-refractivity contribution < 1.29 is 37.4 Å². The Balaban J connectivity index is 0.00000345. The molecule has 14 nitrogen and oxygen atoms in total. The molecule has 0 saturated carbocycles. The van der Waals surface area contributed by atoms with Crippen molar-refractivity contribution in [3.8, 4) is 23.1 Å². The van der Waals surface area contributed by atoms with E-state index in [9.17, 15) is 28.0 Å². The number of ether oxygens (including phenoxy) is 2. The van der Waals surface area contributed by atoms with E-state index in [2.05, 4.69) is 20.9 Å². The van der Waals surface area contributed by atoms with E-state index >= 15 is 0 Å². The Labute approximate surface area is 299 Å². The molecule has 0 unspecified atom stereocenters. The number of nitrogens with one attached hydrogen (secondary N) is 3. The number of carbonyl (C=O) groups is 4. The fraction of sp³-hybridized carbons (Fsp3) is 0.412. The van der Waals surface area contributed by atoms with E-state index in [1.807, 2.05) is 13.8 Å². The first-order chi connectivity index (χ1) is 24.2. The Morgan fingerprint density at radius 3 is 2.25 bits per heavy atom. The second kappa shape index (κ2) is 18.0. The summed E-state index contributed by atoms with van der Waals surface area (Å²) in [4.78, 5) is 57.7. The molecule has 274 valence electrons. The predicted molar refractivity (Wildman–Crippen MR) is 186 cm³/mol. The van der Waals surface area contributed by atoms with Crippen molar-refractivity contribution in [2.75, 3.05) is 51.2 Å². The van der Waals surface area contributed by atoms with Gasteiger partial charge in [0.1, 0.15) is 11.7 Å². The summed E-state index contributed by atoms with van der Waals surface area (Å²) in [6, 6.07) is 8.14. The van der Waals surface area contributed by atoms with Gasteiger partial charge in [0.25, 0.3) is 11.8 Å². The fourth-order valence-corrected chi connectivity index (χ4v) is 5.08. The summed E-state index contributed by atoms with van der Waals surface area (Å²) in [5.41, 5.74) is -0.227. The number of urea groups is 1. The number of hydrogen-bond acceptors (Lipinski definition) is 8. The zero-order valence-corrected chi connectivity index (χ0v) is 30.0. The highest BCUT2D eigenvalue weighted by Gasteiger charge is 2.27. The van der Waals surface area contributed by atoms with Crippen LogP contribution in [0.25, 0.3) is 11.3 Å². The highest BCUT2D eigenvalue weighted by Crippen LogP contribution is 2.30. The van der Waals surface area contributed by atoms with Crippen molar-refractivity contribution >= 4 is 41.2 Å². The lowest BCUT2D eigenvalue weighted by Crippen LogP contribution is -2.53. The van der Waals surface area contributed by atoms with Crippen molar-refractivity contribution in [3.05, 3.63) is 64.6 Å². The van der Waals surface area contributed by atoms with Gasteiger partial charge in [-0.1, -0.05) is 25.4 Å². The summed E-state index contributed by atoms with van der Waals surface area (Å²) in [5, 5.41) is 16.6. The molecule has 5 amide bonds. The number of benzene rings is 2. The van der Waals surface area contributed by atoms with Gasteiger partial charge in [0.15, 0.2) is 24.0 Å². The Bertz CT molecular complexity index is 1780. The number of rotatable bonds is 9. The third-order valence-corrected chi connectivity index (χ3v) is 7.50. The Morgan fingerprint density at radius 1 is 0.980 bits per heavy atom. The third-order valence-electron chi connectivity index (χ3n) is 7.19. The number of piperazine rings is 1. The third kappa shape index (κ3) is 10.5. The van der Waals surface area contributed by atoms with Gasteiger partial charge in [0.05, 0.1) is 22.5 Å². The van der Waals surface area contributed by atoms with E-state index in [4.69, 9.17) is 26.3 Å². The highest BCUT2D eigenvalue weighted by atomic mass is 35.5. The van der Waals surface area contributed by atoms with Crippen LogP contribution in [0.4, 0.5) is 24.1 Å². The van der Waals surface area contributed by atoms with Gasteiger partial charge < -0.3 is 39.8 Å². The number of halogens is 3. The molecule has 0 bridgehead atoms. The maximum Gasteiger partial charge on any atom is 0.407 e. The van der Waals surface area contributed by atoms with E-state index in [-0.39, 0.29) is 84.6 Å². The van der Waals surface area contributed by atoms with Crippen LogP contribution in [0.5, 0.6) is 5.75 Å². The Hall–Kier alpha value is -5.43. The van der Waals surface area contributed by atoms with Gasteiger partial charge in [-0.25, -0.2) is 19.0 Å². The molecular weight excluding hydrogens is 690 g/mol. The summed E-state index contributed by atoms with van der Waals surface area (Å²) in [5.74, 6) is -4.07. The lowest BCUT2D eigenvalue weighted by Gasteiger charge is -2.35. The molecule has 2 heterocycles. The van der Waals surface area contributed by atoms with Crippen LogP contribution in [0.2, 0.25) is 5.02 Å². The summed E-state index contributed by atoms with van der Waals surface area (Å²) < 4.78 is 40.6. The number of amides is 5. The number of carbonyl (C=O) groups excluding carboxylic acids is 4. The molecule has 1 aliphatic heterocycles. The monoisotopic (exact) mass is 730 g/mol. The van der Waals surface area contributed by atoms with E-state index in [1.54, 1.807) is 36.6 Å². The van der Waals surface area contributed by atoms with Crippen molar-refractivity contribution in [2.45, 2.75) is 40.2 Å². The van der Waals surface area contributed by atoms with Crippen molar-refractivity contribution in [2.24, 2.45) is 7.05 Å². The van der Waals surface area contributed by atoms with Gasteiger partial charge in [0, 0.05) is 57.6 Å². The molecular formula is C34H41ClF2N8O6. The van der Waals surface area contributed by atoms with Crippen LogP contribution in [-0.2, 0) is 11.8 Å². The quantitative estimate of drug-likeness (QED) is 0.253. The minimum Gasteiger partial charge on any atom is -0.476 e. The summed E-state index contributed by atoms with van der Waals surface area (Å²) in [6.45, 7) is 10.3. The molecule has 0 aliphatic carbocycles. The highest BCUT2D eigenvalue weighted by molar-refractivity contribution is 6.34. The summed E-state index contributed by atoms with van der Waals surface area (Å²) in [6.07, 6.45) is 0.635. The van der Waals surface area contributed by atoms with Gasteiger partial charge in [-0.05, 0) is 51.1 Å². The Morgan fingerprint density at radius 2 is 1.63 bits per heavy atom. The average Bonchev–Trinajstić information content (AvgIpc) is 3.48. The first kappa shape index (κ1) is 40.0. The number of aromatic nitrogens is 2. The van der Waals surface area contributed by atoms with E-state index in [1.165, 1.54) is 48.1 Å². The zero-order valence-electron chi connectivity index (χ0n) is 29.2. The predicted octanol–water partition coefficient (Wildman–Crippen LogP) is 5.19. The number of nitriles is 1. The van der Waals surface area contributed by atoms with E-state index in [0.717, 1.165) is 0 Å². The number of imidazole rings is 1. The number of hydrogen-bond donors (Lipinski definition) is 3. The average molecular weight is 731 g/mol. The van der Waals surface area contributed by atoms with Crippen molar-refractivity contribution in [3.63, 3.8) is 0 Å². The molecule has 17 heteroatoms. The second-order valence-corrected chi connectivity index (χ2v) is 12.2. The summed E-state index contributed by atoms with van der Waals surface area (Å²) in [7, 11) is 1.46. The standard InChI is InChI=1S/C32H35ClF2N8O6.C2H6/c1-32(2,3)49-31(47)38-11-10-37-30(46)43-14-12-42(13-15-43)29(45)20-6-5-19(17-22(20)33)40-28(44)27-39-18-23(41(27)4)21-7-8-24(48-16-9-36)26(35)25(21)34;1-2/h5-8,17-18H,10-16H2,1-4H3,(H,37,46)(H,38,47)(H,40,44);1-2H3. The topological polar surface area (TPSA) is 171 Å². The van der Waals surface area contributed by atoms with Gasteiger partial charge >= 0.3 is 12.1 Å². The lowest BCUT2D eigenvalue weighted by atomic mass is 10.1. The van der Waals surface area contributed by atoms with Crippen LogP contribution in [0, 0.1) is 23.0 Å². The number of alkyl carbamates (subject to hydrolysis) is 1. The molecule has 2 aromatic carbocycles. The van der Waals surface area contributed by atoms with Crippen molar-refractivity contribution in [1.29, 1.82) is 5.26 Å². The molecule has 1 fully saturated rings. The van der Waals surface area contributed by atoms with Crippen LogP contribution in [0.1, 0.15) is 55.6 Å². The van der Waals surface area contributed by atoms with Crippen LogP contribution in [0.3, 0.4) is 0 Å². The van der Waals surface area contributed by atoms with E-state index in [0.29, 0.717) is 0 Å². The molecule has 0 radical (unpaired) electrons. The molecule has 0 spiro atoms. The lowest BCUT2D eigenvalue weighted by molar-refractivity contribution is 0.0527. The van der Waals surface area contributed by atoms with Gasteiger partial charge in [-0.15, -0.1) is 0 Å². The SMILES string of the molecule is CC.Cn1c(-c2ccc(OCC#N)c(F)c2F)cnc1C(=O)Nc1ccc(C(=O)N2CCN(C(=O)NCCNC(=O)OC(C)(C)C)CC2)c(Cl)c1. The fourth-order valence-electron chi connectivity index (χ4n) is 4.82. The minimum absolute atomic E-state index is 0.0808. The molecule has 1 aromatic heterocycles. The largest absolute Gasteiger partial charge is 0.476 e. The van der Waals surface area contributed by atoms with Crippen LogP contribution in [-0.4, -0.2) is 94.8 Å². The number of nitrogens with zero attached hydrogens (tertiary/aromatic N) is 5. The second-order valence-electron chi connectivity index (χ2n) is 11.8. The number of anilines is 1. The van der Waals surface area contributed by atoms with Gasteiger partial charge in [0.2, 0.25) is 5.82 Å². The maximum absolute atomic E-state index is 14.8. The first-order valence-corrected chi connectivity index (χ1v) is 16.5. The van der Waals surface area contributed by atoms with Crippen LogP contribution >= 0.6 is 11.6 Å². The van der Waals surface area contributed by atoms with Gasteiger partial charge in [-0.3, -0.25) is 9.59 Å². The molecule has 4 rings (SSSR count). The maximum atomic E-state index is 14.8. The smallest absolute Gasteiger partial charge is 0.407 e. The zero-order chi connectivity index (χ0) is 37.9. The van der Waals surface area contributed by atoms with Gasteiger partial charge in [-0.2, -0.15) is 9.65 Å². The first-order valence-electron chi connectivity index (χ1n) is 16.1. The molecule has 51 heavy (non-hydrogen) atoms. The molecule has 1 aliphatic rings. The minimum atomic E-state index is -1.28. The normalized spacial score (nSPS) is 12.5. The molecule has 3 aromatic rings. The van der Waals surface area contributed by atoms with Crippen molar-refractivity contribution in [1.82, 2.24) is 30.0 Å². The van der Waals surface area contributed by atoms with E-state index < -0.39 is 41.6 Å².